The Bertz CT molecular complexity index is 438. The maximum absolute atomic E-state index is 11.9. The molecule has 0 heterocycles. The first-order valence-corrected chi connectivity index (χ1v) is 7.26. The second-order valence-electron chi connectivity index (χ2n) is 5.03. The van der Waals surface area contributed by atoms with Crippen LogP contribution in [0.25, 0.3) is 0 Å². The average Bonchev–Trinajstić information content (AvgIpc) is 2.39. The number of likely N-dealkylation sites (N-methyl/N-ethyl adjacent to an activating group) is 1. The number of nitrogens with zero attached hydrogens (tertiary/aromatic N) is 1. The van der Waals surface area contributed by atoms with Crippen molar-refractivity contribution in [2.75, 3.05) is 32.1 Å². The summed E-state index contributed by atoms with van der Waals surface area (Å²) in [4.78, 5) is 13.8. The van der Waals surface area contributed by atoms with E-state index in [9.17, 15) is 4.79 Å². The Morgan fingerprint density at radius 2 is 2.10 bits per heavy atom. The summed E-state index contributed by atoms with van der Waals surface area (Å²) in [6.45, 7) is 3.36. The first-order valence-electron chi connectivity index (χ1n) is 6.88. The van der Waals surface area contributed by atoms with Crippen LogP contribution in [-0.4, -0.2) is 42.7 Å². The predicted molar refractivity (Wildman–Crippen MR) is 83.3 cm³/mol. The van der Waals surface area contributed by atoms with E-state index in [-0.39, 0.29) is 12.5 Å². The van der Waals surface area contributed by atoms with Crippen LogP contribution in [0, 0.1) is 6.92 Å². The van der Waals surface area contributed by atoms with Gasteiger partial charge in [0.1, 0.15) is 0 Å². The topological polar surface area (TPSA) is 52.6 Å². The first-order chi connectivity index (χ1) is 9.52. The van der Waals surface area contributed by atoms with Gasteiger partial charge in [-0.15, -0.1) is 0 Å². The molecule has 0 aliphatic carbocycles. The number of hydrogen-bond donors (Lipinski definition) is 2. The van der Waals surface area contributed by atoms with Crippen molar-refractivity contribution in [3.63, 3.8) is 0 Å². The normalized spacial score (nSPS) is 10.8. The molecular formula is C15H23ClN2O2. The number of rotatable bonds is 8. The third kappa shape index (κ3) is 6.37. The average molecular weight is 299 g/mol. The van der Waals surface area contributed by atoms with Crippen molar-refractivity contribution in [2.24, 2.45) is 0 Å². The van der Waals surface area contributed by atoms with Gasteiger partial charge >= 0.3 is 0 Å². The van der Waals surface area contributed by atoms with E-state index in [1.807, 2.05) is 31.0 Å². The number of aryl methyl sites for hydroxylation is 1. The Kier molecular flexibility index (Phi) is 7.59. The van der Waals surface area contributed by atoms with Crippen LogP contribution in [0.1, 0.15) is 24.8 Å². The number of carbonyl (C=O) groups excluding carboxylic acids is 1. The summed E-state index contributed by atoms with van der Waals surface area (Å²) < 4.78 is 0. The van der Waals surface area contributed by atoms with Gasteiger partial charge in [-0.1, -0.05) is 17.7 Å². The predicted octanol–water partition coefficient (Wildman–Crippen LogP) is 2.68. The van der Waals surface area contributed by atoms with Gasteiger partial charge in [0.25, 0.3) is 0 Å². The molecule has 0 aliphatic heterocycles. The molecule has 0 bridgehead atoms. The lowest BCUT2D eigenvalue weighted by Gasteiger charge is -2.16. The summed E-state index contributed by atoms with van der Waals surface area (Å²) in [5, 5.41) is 12.2. The monoisotopic (exact) mass is 298 g/mol. The minimum absolute atomic E-state index is 0.0467. The third-order valence-electron chi connectivity index (χ3n) is 3.07. The van der Waals surface area contributed by atoms with E-state index in [4.69, 9.17) is 16.7 Å². The van der Waals surface area contributed by atoms with Gasteiger partial charge in [-0.3, -0.25) is 9.69 Å². The number of unbranched alkanes of at least 4 members (excludes halogenated alkanes) is 2. The maximum Gasteiger partial charge on any atom is 0.238 e. The van der Waals surface area contributed by atoms with E-state index in [0.29, 0.717) is 11.6 Å². The van der Waals surface area contributed by atoms with Gasteiger partial charge in [0, 0.05) is 17.3 Å². The first kappa shape index (κ1) is 17.0. The fraction of sp³-hybridized carbons (Fsp3) is 0.533. The van der Waals surface area contributed by atoms with Gasteiger partial charge in [0.15, 0.2) is 0 Å². The van der Waals surface area contributed by atoms with Crippen molar-refractivity contribution >= 4 is 23.2 Å². The molecule has 5 heteroatoms. The highest BCUT2D eigenvalue weighted by molar-refractivity contribution is 6.31. The molecule has 0 saturated carbocycles. The zero-order chi connectivity index (χ0) is 15.0. The summed E-state index contributed by atoms with van der Waals surface area (Å²) in [5.41, 5.74) is 1.71. The molecule has 0 spiro atoms. The van der Waals surface area contributed by atoms with Crippen LogP contribution in [0.5, 0.6) is 0 Å². The Hall–Kier alpha value is -1.10. The molecule has 1 amide bonds. The van der Waals surface area contributed by atoms with Gasteiger partial charge in [0.05, 0.1) is 6.54 Å². The Balaban J connectivity index is 2.33. The van der Waals surface area contributed by atoms with E-state index in [1.165, 1.54) is 0 Å². The van der Waals surface area contributed by atoms with Crippen molar-refractivity contribution in [2.45, 2.75) is 26.2 Å². The standard InChI is InChI=1S/C15H23ClN2O2/c1-12-6-7-13(10-14(12)16)17-15(20)11-18(2)8-4-3-5-9-19/h6-7,10,19H,3-5,8-9,11H2,1-2H3,(H,17,20). The second kappa shape index (κ2) is 8.95. The zero-order valence-corrected chi connectivity index (χ0v) is 12.9. The zero-order valence-electron chi connectivity index (χ0n) is 12.2. The molecule has 2 N–H and O–H groups in total. The molecule has 0 aromatic heterocycles. The molecule has 112 valence electrons. The molecule has 4 nitrogen and oxygen atoms in total. The Morgan fingerprint density at radius 1 is 1.35 bits per heavy atom. The molecule has 0 unspecified atom stereocenters. The SMILES string of the molecule is Cc1ccc(NC(=O)CN(C)CCCCCO)cc1Cl. The van der Waals surface area contributed by atoms with E-state index < -0.39 is 0 Å². The van der Waals surface area contributed by atoms with E-state index >= 15 is 0 Å². The number of halogens is 1. The lowest BCUT2D eigenvalue weighted by molar-refractivity contribution is -0.117. The van der Waals surface area contributed by atoms with Gasteiger partial charge in [-0.25, -0.2) is 0 Å². The summed E-state index contributed by atoms with van der Waals surface area (Å²) in [6, 6.07) is 5.49. The number of hydrogen-bond acceptors (Lipinski definition) is 3. The lowest BCUT2D eigenvalue weighted by atomic mass is 10.2. The number of benzene rings is 1. The van der Waals surface area contributed by atoms with E-state index in [1.54, 1.807) is 6.07 Å². The smallest absolute Gasteiger partial charge is 0.238 e. The van der Waals surface area contributed by atoms with Gasteiger partial charge in [0.2, 0.25) is 5.91 Å². The van der Waals surface area contributed by atoms with Crippen LogP contribution in [0.3, 0.4) is 0 Å². The van der Waals surface area contributed by atoms with Crippen molar-refractivity contribution < 1.29 is 9.90 Å². The highest BCUT2D eigenvalue weighted by Gasteiger charge is 2.07. The highest BCUT2D eigenvalue weighted by atomic mass is 35.5. The Morgan fingerprint density at radius 3 is 2.75 bits per heavy atom. The summed E-state index contributed by atoms with van der Waals surface area (Å²) >= 11 is 6.02. The van der Waals surface area contributed by atoms with Crippen LogP contribution in [0.15, 0.2) is 18.2 Å². The number of carbonyl (C=O) groups is 1. The maximum atomic E-state index is 11.9. The lowest BCUT2D eigenvalue weighted by Crippen LogP contribution is -2.30. The fourth-order valence-electron chi connectivity index (χ4n) is 1.87. The molecule has 1 aromatic rings. The molecule has 0 radical (unpaired) electrons. The fourth-order valence-corrected chi connectivity index (χ4v) is 2.05. The summed E-state index contributed by atoms with van der Waals surface area (Å²) in [5.74, 6) is -0.0467. The molecule has 0 saturated heterocycles. The van der Waals surface area contributed by atoms with Crippen LogP contribution in [-0.2, 0) is 4.79 Å². The van der Waals surface area contributed by atoms with E-state index in [2.05, 4.69) is 5.32 Å². The van der Waals surface area contributed by atoms with Crippen molar-refractivity contribution in [1.29, 1.82) is 0 Å². The van der Waals surface area contributed by atoms with Crippen molar-refractivity contribution in [1.82, 2.24) is 4.90 Å². The van der Waals surface area contributed by atoms with Crippen LogP contribution < -0.4 is 5.32 Å². The molecule has 0 atom stereocenters. The molecular weight excluding hydrogens is 276 g/mol. The highest BCUT2D eigenvalue weighted by Crippen LogP contribution is 2.19. The molecule has 1 aromatic carbocycles. The third-order valence-corrected chi connectivity index (χ3v) is 3.47. The second-order valence-corrected chi connectivity index (χ2v) is 5.44. The number of anilines is 1. The summed E-state index contributed by atoms with van der Waals surface area (Å²) in [6.07, 6.45) is 2.79. The molecule has 20 heavy (non-hydrogen) atoms. The summed E-state index contributed by atoms with van der Waals surface area (Å²) in [7, 11) is 1.92. The largest absolute Gasteiger partial charge is 0.396 e. The van der Waals surface area contributed by atoms with Crippen LogP contribution >= 0.6 is 11.6 Å². The number of amides is 1. The van der Waals surface area contributed by atoms with Crippen molar-refractivity contribution in [3.8, 4) is 0 Å². The van der Waals surface area contributed by atoms with Gasteiger partial charge in [-0.2, -0.15) is 0 Å². The number of nitrogens with one attached hydrogen (secondary N) is 1. The number of aliphatic hydroxyl groups excluding tert-OH is 1. The van der Waals surface area contributed by atoms with Crippen molar-refractivity contribution in [3.05, 3.63) is 28.8 Å². The number of aliphatic hydroxyl groups is 1. The van der Waals surface area contributed by atoms with Gasteiger partial charge < -0.3 is 10.4 Å². The molecule has 0 fully saturated rings. The van der Waals surface area contributed by atoms with Crippen LogP contribution in [0.2, 0.25) is 5.02 Å². The van der Waals surface area contributed by atoms with Gasteiger partial charge in [-0.05, 0) is 57.5 Å². The minimum Gasteiger partial charge on any atom is -0.396 e. The molecule has 0 aliphatic rings. The quantitative estimate of drug-likeness (QED) is 0.726. The van der Waals surface area contributed by atoms with Crippen LogP contribution in [0.4, 0.5) is 5.69 Å². The minimum atomic E-state index is -0.0467. The van der Waals surface area contributed by atoms with E-state index in [0.717, 1.165) is 37.1 Å². The Labute approximate surface area is 125 Å². The molecule has 1 rings (SSSR count).